The van der Waals surface area contributed by atoms with Crippen LogP contribution in [-0.4, -0.2) is 26.8 Å². The first-order valence-electron chi connectivity index (χ1n) is 12.6. The van der Waals surface area contributed by atoms with Crippen LogP contribution in [0.3, 0.4) is 0 Å². The molecule has 0 aliphatic rings. The number of nitrogens with zero attached hydrogens (tertiary/aromatic N) is 1. The third kappa shape index (κ3) is 7.19. The van der Waals surface area contributed by atoms with E-state index < -0.39 is 15.8 Å². The second-order valence-corrected chi connectivity index (χ2v) is 12.1. The number of aromatic nitrogens is 1. The van der Waals surface area contributed by atoms with Gasteiger partial charge in [-0.05, 0) is 59.0 Å². The number of hydrogen-bond acceptors (Lipinski definition) is 5. The topological polar surface area (TPSA) is 77.5 Å². The summed E-state index contributed by atoms with van der Waals surface area (Å²) in [6.07, 6.45) is 2.69. The predicted octanol–water partition coefficient (Wildman–Crippen LogP) is 6.54. The number of ether oxygens (including phenoxy) is 2. The monoisotopic (exact) mass is 558 g/mol. The molecule has 0 aliphatic carbocycles. The quantitative estimate of drug-likeness (QED) is 0.261. The summed E-state index contributed by atoms with van der Waals surface area (Å²) >= 11 is 0. The third-order valence-electron chi connectivity index (χ3n) is 6.01. The fourth-order valence-electron chi connectivity index (χ4n) is 4.13. The Morgan fingerprint density at radius 3 is 2.33 bits per heavy atom. The zero-order valence-corrected chi connectivity index (χ0v) is 23.9. The summed E-state index contributed by atoms with van der Waals surface area (Å²) in [6, 6.07) is 21.6. The number of anilines is 1. The molecule has 3 aromatic carbocycles. The Hall–Kier alpha value is -4.35. The van der Waals surface area contributed by atoms with Crippen LogP contribution in [0.1, 0.15) is 43.0 Å². The Bertz CT molecular complexity index is 1690. The highest BCUT2D eigenvalue weighted by Gasteiger charge is 2.23. The van der Waals surface area contributed by atoms with E-state index in [1.807, 2.05) is 54.6 Å². The molecule has 8 heteroatoms. The van der Waals surface area contributed by atoms with Crippen LogP contribution in [0.2, 0.25) is 0 Å². The van der Waals surface area contributed by atoms with Gasteiger partial charge in [0, 0.05) is 17.3 Å². The molecule has 0 unspecified atom stereocenters. The first-order chi connectivity index (χ1) is 18.9. The molecule has 0 saturated carbocycles. The Morgan fingerprint density at radius 2 is 1.68 bits per heavy atom. The van der Waals surface area contributed by atoms with Gasteiger partial charge in [-0.3, -0.25) is 4.72 Å². The highest BCUT2D eigenvalue weighted by atomic mass is 32.2. The molecular weight excluding hydrogens is 527 g/mol. The maximum atomic E-state index is 14.8. The van der Waals surface area contributed by atoms with Gasteiger partial charge in [0.05, 0.1) is 30.2 Å². The van der Waals surface area contributed by atoms with Crippen molar-refractivity contribution in [2.24, 2.45) is 0 Å². The van der Waals surface area contributed by atoms with Gasteiger partial charge in [-0.15, -0.1) is 0 Å². The van der Waals surface area contributed by atoms with Crippen LogP contribution in [-0.2, 0) is 22.0 Å². The zero-order chi connectivity index (χ0) is 28.9. The number of halogens is 1. The van der Waals surface area contributed by atoms with Gasteiger partial charge in [-0.2, -0.15) is 0 Å². The van der Waals surface area contributed by atoms with Crippen LogP contribution in [0.5, 0.6) is 11.6 Å². The second-order valence-electron chi connectivity index (χ2n) is 10.3. The normalized spacial score (nSPS) is 11.3. The molecule has 0 amide bonds. The van der Waals surface area contributed by atoms with E-state index in [2.05, 4.69) is 42.3 Å². The van der Waals surface area contributed by atoms with Crippen LogP contribution < -0.4 is 14.2 Å². The molecule has 0 atom stereocenters. The maximum absolute atomic E-state index is 14.8. The van der Waals surface area contributed by atoms with Gasteiger partial charge in [0.2, 0.25) is 15.9 Å². The maximum Gasteiger partial charge on any atom is 0.229 e. The number of rotatable bonds is 7. The molecule has 206 valence electrons. The smallest absolute Gasteiger partial charge is 0.229 e. The molecule has 1 heterocycles. The van der Waals surface area contributed by atoms with Gasteiger partial charge in [0.25, 0.3) is 0 Å². The van der Waals surface area contributed by atoms with E-state index in [-0.39, 0.29) is 16.7 Å². The number of pyridine rings is 1. The van der Waals surface area contributed by atoms with Crippen LogP contribution in [0.4, 0.5) is 10.1 Å². The van der Waals surface area contributed by atoms with Crippen molar-refractivity contribution >= 4 is 15.7 Å². The SMILES string of the molecule is COc1c(C#Cc2ccc(NS(C)(=O)=O)cc2F)cc(-c2cccnc2OCc2ccccc2)cc1C(C)(C)C. The van der Waals surface area contributed by atoms with E-state index in [1.165, 1.54) is 12.1 Å². The number of benzene rings is 3. The lowest BCUT2D eigenvalue weighted by Crippen LogP contribution is -2.14. The predicted molar refractivity (Wildman–Crippen MR) is 157 cm³/mol. The van der Waals surface area contributed by atoms with Crippen LogP contribution in [0, 0.1) is 17.7 Å². The number of methoxy groups -OCH3 is 1. The van der Waals surface area contributed by atoms with Crippen LogP contribution >= 0.6 is 0 Å². The molecule has 4 rings (SSSR count). The first kappa shape index (κ1) is 28.7. The first-order valence-corrected chi connectivity index (χ1v) is 14.5. The van der Waals surface area contributed by atoms with Gasteiger partial charge in [0.1, 0.15) is 18.2 Å². The Balaban J connectivity index is 1.78. The standard InChI is InChI=1S/C32H31FN2O4S/c1-32(2,3)28-19-25(27-12-9-17-34-31(27)39-21-22-10-7-6-8-11-22)18-24(30(28)38-4)14-13-23-15-16-26(20-29(23)33)35-40(5,36)37/h6-12,15-20,35H,21H2,1-5H3. The van der Waals surface area contributed by atoms with E-state index >= 15 is 0 Å². The van der Waals surface area contributed by atoms with Crippen LogP contribution in [0.25, 0.3) is 11.1 Å². The number of hydrogen-bond donors (Lipinski definition) is 1. The van der Waals surface area contributed by atoms with Crippen molar-refractivity contribution in [1.29, 1.82) is 0 Å². The molecule has 0 saturated heterocycles. The lowest BCUT2D eigenvalue weighted by atomic mass is 9.83. The Kier molecular flexibility index (Phi) is 8.46. The lowest BCUT2D eigenvalue weighted by molar-refractivity contribution is 0.295. The van der Waals surface area contributed by atoms with E-state index in [9.17, 15) is 12.8 Å². The summed E-state index contributed by atoms with van der Waals surface area (Å²) in [5.74, 6) is 6.39. The summed E-state index contributed by atoms with van der Waals surface area (Å²) in [4.78, 5) is 4.49. The second kappa shape index (κ2) is 11.8. The Morgan fingerprint density at radius 1 is 0.950 bits per heavy atom. The van der Waals surface area contributed by atoms with E-state index in [1.54, 1.807) is 13.3 Å². The molecule has 1 N–H and O–H groups in total. The minimum Gasteiger partial charge on any atom is -0.495 e. The molecule has 40 heavy (non-hydrogen) atoms. The molecule has 0 aliphatic heterocycles. The summed E-state index contributed by atoms with van der Waals surface area (Å²) in [6.45, 7) is 6.60. The Labute approximate surface area is 235 Å². The summed E-state index contributed by atoms with van der Waals surface area (Å²) in [5.41, 5.74) is 4.09. The summed E-state index contributed by atoms with van der Waals surface area (Å²) in [5, 5.41) is 0. The molecule has 0 spiro atoms. The van der Waals surface area contributed by atoms with Crippen molar-refractivity contribution in [3.8, 4) is 34.6 Å². The van der Waals surface area contributed by atoms with Gasteiger partial charge in [-0.25, -0.2) is 17.8 Å². The fraction of sp³-hybridized carbons (Fsp3) is 0.219. The lowest BCUT2D eigenvalue weighted by Gasteiger charge is -2.24. The van der Waals surface area contributed by atoms with E-state index in [4.69, 9.17) is 9.47 Å². The van der Waals surface area contributed by atoms with Crippen molar-refractivity contribution in [1.82, 2.24) is 4.98 Å². The highest BCUT2D eigenvalue weighted by molar-refractivity contribution is 7.92. The minimum absolute atomic E-state index is 0.122. The third-order valence-corrected chi connectivity index (χ3v) is 6.61. The van der Waals surface area contributed by atoms with Crippen molar-refractivity contribution in [2.45, 2.75) is 32.8 Å². The van der Waals surface area contributed by atoms with Gasteiger partial charge < -0.3 is 9.47 Å². The average Bonchev–Trinajstić information content (AvgIpc) is 2.90. The van der Waals surface area contributed by atoms with Crippen LogP contribution in [0.15, 0.2) is 79.0 Å². The highest BCUT2D eigenvalue weighted by Crippen LogP contribution is 2.39. The van der Waals surface area contributed by atoms with Crippen molar-refractivity contribution in [2.75, 3.05) is 18.1 Å². The zero-order valence-electron chi connectivity index (χ0n) is 23.1. The number of sulfonamides is 1. The van der Waals surface area contributed by atoms with Gasteiger partial charge >= 0.3 is 0 Å². The summed E-state index contributed by atoms with van der Waals surface area (Å²) < 4.78 is 52.0. The molecule has 4 aromatic rings. The summed E-state index contributed by atoms with van der Waals surface area (Å²) in [7, 11) is -1.95. The fourth-order valence-corrected chi connectivity index (χ4v) is 4.69. The largest absolute Gasteiger partial charge is 0.495 e. The minimum atomic E-state index is -3.53. The molecule has 0 radical (unpaired) electrons. The molecule has 6 nitrogen and oxygen atoms in total. The van der Waals surface area contributed by atoms with Gasteiger partial charge in [0.15, 0.2) is 0 Å². The molecular formula is C32H31FN2O4S. The molecule has 0 fully saturated rings. The van der Waals surface area contributed by atoms with Gasteiger partial charge in [-0.1, -0.05) is 62.9 Å². The molecule has 0 bridgehead atoms. The van der Waals surface area contributed by atoms with E-state index in [0.29, 0.717) is 23.8 Å². The van der Waals surface area contributed by atoms with Crippen molar-refractivity contribution in [3.05, 3.63) is 107 Å². The van der Waals surface area contributed by atoms with E-state index in [0.717, 1.165) is 34.6 Å². The van der Waals surface area contributed by atoms with Crippen molar-refractivity contribution < 1.29 is 22.3 Å². The molecule has 1 aromatic heterocycles. The van der Waals surface area contributed by atoms with Crippen molar-refractivity contribution in [3.63, 3.8) is 0 Å². The average molecular weight is 559 g/mol. The number of nitrogens with one attached hydrogen (secondary N) is 1.